The molecule has 98 valence electrons. The van der Waals surface area contributed by atoms with E-state index in [0.717, 1.165) is 12.1 Å². The maximum absolute atomic E-state index is 13.1. The summed E-state index contributed by atoms with van der Waals surface area (Å²) < 4.78 is 26.5. The lowest BCUT2D eigenvalue weighted by Crippen LogP contribution is -2.05. The van der Waals surface area contributed by atoms with E-state index in [1.165, 1.54) is 12.1 Å². The zero-order valence-electron chi connectivity index (χ0n) is 9.59. The summed E-state index contributed by atoms with van der Waals surface area (Å²) in [6.45, 7) is 0. The molecule has 0 atom stereocenters. The molecule has 0 bridgehead atoms. The summed E-state index contributed by atoms with van der Waals surface area (Å²) in [4.78, 5) is 12.1. The first-order valence-corrected chi connectivity index (χ1v) is 6.56. The highest BCUT2D eigenvalue weighted by Gasteiger charge is 2.13. The van der Waals surface area contributed by atoms with Crippen molar-refractivity contribution in [2.24, 2.45) is 0 Å². The third kappa shape index (κ3) is 3.39. The van der Waals surface area contributed by atoms with Crippen LogP contribution < -0.4 is 0 Å². The van der Waals surface area contributed by atoms with Crippen LogP contribution in [0.25, 0.3) is 0 Å². The van der Waals surface area contributed by atoms with Gasteiger partial charge in [-0.2, -0.15) is 0 Å². The number of halogens is 4. The predicted molar refractivity (Wildman–Crippen MR) is 73.5 cm³/mol. The minimum Gasteiger partial charge on any atom is -0.294 e. The Morgan fingerprint density at radius 2 is 1.84 bits per heavy atom. The number of rotatable bonds is 3. The van der Waals surface area contributed by atoms with Crippen molar-refractivity contribution in [3.8, 4) is 0 Å². The Morgan fingerprint density at radius 1 is 1.11 bits per heavy atom. The number of hydrogen-bond donors (Lipinski definition) is 0. The molecule has 0 saturated carbocycles. The molecule has 0 fully saturated rings. The zero-order valence-corrected chi connectivity index (χ0v) is 11.9. The Morgan fingerprint density at radius 3 is 2.53 bits per heavy atom. The van der Waals surface area contributed by atoms with E-state index in [9.17, 15) is 13.6 Å². The summed E-state index contributed by atoms with van der Waals surface area (Å²) in [5.41, 5.74) is 0.827. The van der Waals surface area contributed by atoms with Crippen molar-refractivity contribution >= 4 is 33.3 Å². The fourth-order valence-electron chi connectivity index (χ4n) is 1.64. The second-order valence-electron chi connectivity index (χ2n) is 3.97. The van der Waals surface area contributed by atoms with E-state index in [1.54, 1.807) is 12.1 Å². The molecule has 0 saturated heterocycles. The monoisotopic (exact) mass is 344 g/mol. The molecule has 19 heavy (non-hydrogen) atoms. The van der Waals surface area contributed by atoms with Crippen molar-refractivity contribution in [3.05, 3.63) is 68.7 Å². The first-order chi connectivity index (χ1) is 8.97. The third-order valence-electron chi connectivity index (χ3n) is 2.58. The minimum atomic E-state index is -0.963. The van der Waals surface area contributed by atoms with Gasteiger partial charge in [0.25, 0.3) is 0 Å². The highest BCUT2D eigenvalue weighted by molar-refractivity contribution is 9.10. The number of carbonyl (C=O) groups is 1. The fraction of sp³-hybridized carbons (Fsp3) is 0.0714. The van der Waals surface area contributed by atoms with Gasteiger partial charge in [0.05, 0.1) is 0 Å². The topological polar surface area (TPSA) is 17.1 Å². The van der Waals surface area contributed by atoms with E-state index in [1.807, 2.05) is 0 Å². The van der Waals surface area contributed by atoms with Gasteiger partial charge in [-0.05, 0) is 35.9 Å². The Hall–Kier alpha value is -1.26. The molecule has 5 heteroatoms. The van der Waals surface area contributed by atoms with Crippen LogP contribution >= 0.6 is 27.5 Å². The number of ketones is 1. The van der Waals surface area contributed by atoms with Crippen LogP contribution in [0.15, 0.2) is 40.9 Å². The molecular weight excluding hydrogens is 338 g/mol. The van der Waals surface area contributed by atoms with Crippen molar-refractivity contribution in [1.29, 1.82) is 0 Å². The normalized spacial score (nSPS) is 10.5. The molecule has 0 unspecified atom stereocenters. The van der Waals surface area contributed by atoms with E-state index in [-0.39, 0.29) is 12.2 Å². The van der Waals surface area contributed by atoms with E-state index < -0.39 is 11.6 Å². The van der Waals surface area contributed by atoms with Gasteiger partial charge in [0, 0.05) is 21.5 Å². The first kappa shape index (κ1) is 14.2. The quantitative estimate of drug-likeness (QED) is 0.730. The molecular formula is C14H8BrClF2O. The Kier molecular flexibility index (Phi) is 4.32. The van der Waals surface area contributed by atoms with Crippen molar-refractivity contribution < 1.29 is 13.6 Å². The van der Waals surface area contributed by atoms with Gasteiger partial charge in [0.15, 0.2) is 17.4 Å². The zero-order chi connectivity index (χ0) is 14.0. The molecule has 0 amide bonds. The second kappa shape index (κ2) is 5.80. The Labute approximate surface area is 122 Å². The average molecular weight is 346 g/mol. The lowest BCUT2D eigenvalue weighted by molar-refractivity contribution is 0.0992. The largest absolute Gasteiger partial charge is 0.294 e. The van der Waals surface area contributed by atoms with Gasteiger partial charge in [-0.3, -0.25) is 4.79 Å². The summed E-state index contributed by atoms with van der Waals surface area (Å²) in [6, 6.07) is 8.26. The maximum atomic E-state index is 13.1. The fourth-order valence-corrected chi connectivity index (χ4v) is 2.28. The van der Waals surface area contributed by atoms with Gasteiger partial charge < -0.3 is 0 Å². The standard InChI is InChI=1S/C14H8BrClF2O/c15-11-3-2-9(16)7-10(11)14(19)6-8-1-4-12(17)13(18)5-8/h1-5,7H,6H2. The molecule has 0 aliphatic rings. The van der Waals surface area contributed by atoms with Gasteiger partial charge in [-0.25, -0.2) is 8.78 Å². The van der Waals surface area contributed by atoms with Gasteiger partial charge in [0.2, 0.25) is 0 Å². The van der Waals surface area contributed by atoms with E-state index >= 15 is 0 Å². The number of benzene rings is 2. The van der Waals surface area contributed by atoms with Gasteiger partial charge in [-0.1, -0.05) is 33.6 Å². The van der Waals surface area contributed by atoms with Crippen molar-refractivity contribution in [1.82, 2.24) is 0 Å². The maximum Gasteiger partial charge on any atom is 0.168 e. The highest BCUT2D eigenvalue weighted by atomic mass is 79.9. The molecule has 0 N–H and O–H groups in total. The lowest BCUT2D eigenvalue weighted by Gasteiger charge is -2.05. The van der Waals surface area contributed by atoms with Crippen molar-refractivity contribution in [2.75, 3.05) is 0 Å². The Bertz CT molecular complexity index is 643. The smallest absolute Gasteiger partial charge is 0.168 e. The van der Waals surface area contributed by atoms with Gasteiger partial charge in [-0.15, -0.1) is 0 Å². The molecule has 0 aliphatic heterocycles. The van der Waals surface area contributed by atoms with Crippen molar-refractivity contribution in [2.45, 2.75) is 6.42 Å². The number of Topliss-reactive ketones (excluding diaryl/α,β-unsaturated/α-hetero) is 1. The van der Waals surface area contributed by atoms with Crippen LogP contribution in [0.1, 0.15) is 15.9 Å². The van der Waals surface area contributed by atoms with Crippen LogP contribution in [-0.4, -0.2) is 5.78 Å². The molecule has 0 heterocycles. The molecule has 2 aromatic rings. The van der Waals surface area contributed by atoms with Crippen LogP contribution in [0, 0.1) is 11.6 Å². The SMILES string of the molecule is O=C(Cc1ccc(F)c(F)c1)c1cc(Cl)ccc1Br. The minimum absolute atomic E-state index is 0.0177. The number of hydrogen-bond acceptors (Lipinski definition) is 1. The predicted octanol–water partition coefficient (Wildman–Crippen LogP) is 4.81. The molecule has 1 nitrogen and oxygen atoms in total. The molecule has 2 aromatic carbocycles. The second-order valence-corrected chi connectivity index (χ2v) is 5.26. The van der Waals surface area contributed by atoms with Gasteiger partial charge in [0.1, 0.15) is 0 Å². The molecule has 0 aliphatic carbocycles. The number of carbonyl (C=O) groups excluding carboxylic acids is 1. The van der Waals surface area contributed by atoms with E-state index in [2.05, 4.69) is 15.9 Å². The molecule has 0 spiro atoms. The van der Waals surface area contributed by atoms with Crippen molar-refractivity contribution in [3.63, 3.8) is 0 Å². The molecule has 2 rings (SSSR count). The van der Waals surface area contributed by atoms with Crippen LogP contribution in [0.4, 0.5) is 8.78 Å². The van der Waals surface area contributed by atoms with Crippen LogP contribution in [0.5, 0.6) is 0 Å². The molecule has 0 radical (unpaired) electrons. The van der Waals surface area contributed by atoms with E-state index in [0.29, 0.717) is 20.6 Å². The lowest BCUT2D eigenvalue weighted by atomic mass is 10.0. The Balaban J connectivity index is 2.25. The summed E-state index contributed by atoms with van der Waals surface area (Å²) in [6.07, 6.45) is -0.0177. The summed E-state index contributed by atoms with van der Waals surface area (Å²) in [7, 11) is 0. The van der Waals surface area contributed by atoms with E-state index in [4.69, 9.17) is 11.6 Å². The molecule has 0 aromatic heterocycles. The van der Waals surface area contributed by atoms with Crippen LogP contribution in [-0.2, 0) is 6.42 Å². The summed E-state index contributed by atoms with van der Waals surface area (Å²) >= 11 is 9.08. The van der Waals surface area contributed by atoms with Gasteiger partial charge >= 0.3 is 0 Å². The summed E-state index contributed by atoms with van der Waals surface area (Å²) in [5.74, 6) is -2.11. The summed E-state index contributed by atoms with van der Waals surface area (Å²) in [5, 5.41) is 0.442. The first-order valence-electron chi connectivity index (χ1n) is 5.39. The highest BCUT2D eigenvalue weighted by Crippen LogP contribution is 2.23. The van der Waals surface area contributed by atoms with Crippen LogP contribution in [0.3, 0.4) is 0 Å². The average Bonchev–Trinajstić information content (AvgIpc) is 2.36. The third-order valence-corrected chi connectivity index (χ3v) is 3.50. The van der Waals surface area contributed by atoms with Crippen LogP contribution in [0.2, 0.25) is 5.02 Å².